The van der Waals surface area contributed by atoms with Crippen LogP contribution in [0.2, 0.25) is 0 Å². The van der Waals surface area contributed by atoms with Gasteiger partial charge in [0.15, 0.2) is 0 Å². The zero-order valence-corrected chi connectivity index (χ0v) is 14.1. The Bertz CT molecular complexity index is 440. The minimum atomic E-state index is -0.675. The van der Waals surface area contributed by atoms with Crippen LogP contribution in [-0.4, -0.2) is 48.3 Å². The fourth-order valence-electron chi connectivity index (χ4n) is 3.43. The SMILES string of the molecule is COC(=O)C(N)C1(C2CCCCN2C(=O)OC(C)(C)C)CC1. The van der Waals surface area contributed by atoms with E-state index in [-0.39, 0.29) is 17.6 Å². The number of likely N-dealkylation sites (tertiary alicyclic amines) is 1. The number of piperidine rings is 1. The predicted octanol–water partition coefficient (Wildman–Crippen LogP) is 2.06. The van der Waals surface area contributed by atoms with Gasteiger partial charge in [-0.2, -0.15) is 0 Å². The number of nitrogens with zero attached hydrogens (tertiary/aromatic N) is 1. The van der Waals surface area contributed by atoms with Crippen molar-refractivity contribution in [3.05, 3.63) is 0 Å². The first-order chi connectivity index (χ1) is 10.2. The summed E-state index contributed by atoms with van der Waals surface area (Å²) in [6.07, 6.45) is 4.27. The lowest BCUT2D eigenvalue weighted by Gasteiger charge is -2.42. The second-order valence-electron chi connectivity index (χ2n) is 7.42. The van der Waals surface area contributed by atoms with E-state index in [1.54, 1.807) is 4.90 Å². The van der Waals surface area contributed by atoms with Gasteiger partial charge in [0.2, 0.25) is 0 Å². The van der Waals surface area contributed by atoms with Crippen molar-refractivity contribution >= 4 is 12.1 Å². The van der Waals surface area contributed by atoms with Gasteiger partial charge in [-0.3, -0.25) is 4.79 Å². The van der Waals surface area contributed by atoms with Crippen LogP contribution in [0.25, 0.3) is 0 Å². The quantitative estimate of drug-likeness (QED) is 0.807. The normalized spacial score (nSPS) is 25.3. The van der Waals surface area contributed by atoms with E-state index in [0.717, 1.165) is 32.1 Å². The maximum Gasteiger partial charge on any atom is 0.410 e. The van der Waals surface area contributed by atoms with Gasteiger partial charge in [-0.15, -0.1) is 0 Å². The first kappa shape index (κ1) is 17.1. The lowest BCUT2D eigenvalue weighted by Crippen LogP contribution is -2.56. The minimum absolute atomic E-state index is 0.0369. The molecule has 0 aromatic rings. The van der Waals surface area contributed by atoms with Crippen molar-refractivity contribution in [2.45, 2.75) is 70.6 Å². The van der Waals surface area contributed by atoms with Crippen molar-refractivity contribution in [3.63, 3.8) is 0 Å². The van der Waals surface area contributed by atoms with Crippen molar-refractivity contribution in [1.82, 2.24) is 4.90 Å². The van der Waals surface area contributed by atoms with Crippen LogP contribution in [0.5, 0.6) is 0 Å². The highest BCUT2D eigenvalue weighted by Gasteiger charge is 2.59. The first-order valence-corrected chi connectivity index (χ1v) is 8.04. The molecule has 2 fully saturated rings. The summed E-state index contributed by atoms with van der Waals surface area (Å²) >= 11 is 0. The molecule has 0 bridgehead atoms. The van der Waals surface area contributed by atoms with Gasteiger partial charge in [-0.1, -0.05) is 0 Å². The fraction of sp³-hybridized carbons (Fsp3) is 0.875. The van der Waals surface area contributed by atoms with Crippen LogP contribution in [0, 0.1) is 5.41 Å². The number of carbonyl (C=O) groups excluding carboxylic acids is 2. The molecule has 126 valence electrons. The summed E-state index contributed by atoms with van der Waals surface area (Å²) in [7, 11) is 1.35. The monoisotopic (exact) mass is 312 g/mol. The topological polar surface area (TPSA) is 81.9 Å². The molecule has 0 aromatic carbocycles. The zero-order chi connectivity index (χ0) is 16.5. The van der Waals surface area contributed by atoms with Gasteiger partial charge in [0.25, 0.3) is 0 Å². The summed E-state index contributed by atoms with van der Waals surface area (Å²) in [5.74, 6) is -0.396. The van der Waals surface area contributed by atoms with Gasteiger partial charge >= 0.3 is 12.1 Å². The number of ether oxygens (including phenoxy) is 2. The van der Waals surface area contributed by atoms with E-state index >= 15 is 0 Å². The molecule has 1 saturated heterocycles. The van der Waals surface area contributed by atoms with Crippen LogP contribution in [0.1, 0.15) is 52.9 Å². The van der Waals surface area contributed by atoms with E-state index in [0.29, 0.717) is 6.54 Å². The Morgan fingerprint density at radius 2 is 1.91 bits per heavy atom. The largest absolute Gasteiger partial charge is 0.468 e. The van der Waals surface area contributed by atoms with Crippen molar-refractivity contribution in [2.24, 2.45) is 11.1 Å². The Morgan fingerprint density at radius 1 is 1.27 bits per heavy atom. The summed E-state index contributed by atoms with van der Waals surface area (Å²) in [5, 5.41) is 0. The lowest BCUT2D eigenvalue weighted by atomic mass is 9.82. The third kappa shape index (κ3) is 3.37. The van der Waals surface area contributed by atoms with Crippen molar-refractivity contribution in [1.29, 1.82) is 0 Å². The van der Waals surface area contributed by atoms with Gasteiger partial charge in [0.05, 0.1) is 7.11 Å². The number of hydrogen-bond donors (Lipinski definition) is 1. The standard InChI is InChI=1S/C16H28N2O4/c1-15(2,3)22-14(20)18-10-6-5-7-11(18)16(8-9-16)12(17)13(19)21-4/h11-12H,5-10,17H2,1-4H3. The van der Waals surface area contributed by atoms with Crippen LogP contribution < -0.4 is 5.73 Å². The Balaban J connectivity index is 2.16. The molecule has 1 saturated carbocycles. The van der Waals surface area contributed by atoms with Crippen LogP contribution in [0.3, 0.4) is 0 Å². The number of rotatable bonds is 3. The maximum atomic E-state index is 12.5. The Kier molecular flexibility index (Phi) is 4.70. The molecule has 0 radical (unpaired) electrons. The number of methoxy groups -OCH3 is 1. The van der Waals surface area contributed by atoms with Gasteiger partial charge in [-0.05, 0) is 52.9 Å². The van der Waals surface area contributed by atoms with Gasteiger partial charge < -0.3 is 20.1 Å². The Morgan fingerprint density at radius 3 is 2.41 bits per heavy atom. The summed E-state index contributed by atoms with van der Waals surface area (Å²) in [6.45, 7) is 6.24. The minimum Gasteiger partial charge on any atom is -0.468 e. The molecule has 2 N–H and O–H groups in total. The second kappa shape index (κ2) is 6.07. The van der Waals surface area contributed by atoms with Crippen LogP contribution in [0.15, 0.2) is 0 Å². The molecule has 2 atom stereocenters. The number of carbonyl (C=O) groups is 2. The number of nitrogens with two attached hydrogens (primary N) is 1. The first-order valence-electron chi connectivity index (χ1n) is 8.04. The molecule has 1 amide bonds. The smallest absolute Gasteiger partial charge is 0.410 e. The van der Waals surface area contributed by atoms with Gasteiger partial charge in [-0.25, -0.2) is 4.79 Å². The van der Waals surface area contributed by atoms with Crippen molar-refractivity contribution in [2.75, 3.05) is 13.7 Å². The molecule has 2 aliphatic rings. The third-order valence-electron chi connectivity index (χ3n) is 4.70. The number of amides is 1. The molecular weight excluding hydrogens is 284 g/mol. The average molecular weight is 312 g/mol. The highest BCUT2D eigenvalue weighted by Crippen LogP contribution is 2.55. The van der Waals surface area contributed by atoms with Crippen molar-refractivity contribution < 1.29 is 19.1 Å². The second-order valence-corrected chi connectivity index (χ2v) is 7.42. The Labute approximate surface area is 132 Å². The van der Waals surface area contributed by atoms with Crippen LogP contribution in [0.4, 0.5) is 4.79 Å². The van der Waals surface area contributed by atoms with E-state index < -0.39 is 17.6 Å². The molecule has 22 heavy (non-hydrogen) atoms. The molecular formula is C16H28N2O4. The average Bonchev–Trinajstić information content (AvgIpc) is 3.25. The Hall–Kier alpha value is -1.30. The van der Waals surface area contributed by atoms with E-state index in [1.165, 1.54) is 7.11 Å². The number of esters is 1. The predicted molar refractivity (Wildman–Crippen MR) is 82.2 cm³/mol. The highest BCUT2D eigenvalue weighted by molar-refractivity contribution is 5.78. The number of hydrogen-bond acceptors (Lipinski definition) is 5. The summed E-state index contributed by atoms with van der Waals surface area (Å²) in [6, 6.07) is -0.712. The molecule has 6 nitrogen and oxygen atoms in total. The maximum absolute atomic E-state index is 12.5. The van der Waals surface area contributed by atoms with Crippen molar-refractivity contribution in [3.8, 4) is 0 Å². The molecule has 1 aliphatic heterocycles. The van der Waals surface area contributed by atoms with E-state index in [9.17, 15) is 9.59 Å². The molecule has 1 heterocycles. The molecule has 1 aliphatic carbocycles. The molecule has 0 aromatic heterocycles. The molecule has 2 rings (SSSR count). The van der Waals surface area contributed by atoms with Gasteiger partial charge in [0, 0.05) is 18.0 Å². The third-order valence-corrected chi connectivity index (χ3v) is 4.70. The van der Waals surface area contributed by atoms with Crippen LogP contribution in [-0.2, 0) is 14.3 Å². The van der Waals surface area contributed by atoms with E-state index in [4.69, 9.17) is 15.2 Å². The summed E-state index contributed by atoms with van der Waals surface area (Å²) in [5.41, 5.74) is 5.26. The molecule has 6 heteroatoms. The van der Waals surface area contributed by atoms with E-state index in [2.05, 4.69) is 0 Å². The fourth-order valence-corrected chi connectivity index (χ4v) is 3.43. The van der Waals surface area contributed by atoms with Crippen LogP contribution >= 0.6 is 0 Å². The zero-order valence-electron chi connectivity index (χ0n) is 14.1. The lowest BCUT2D eigenvalue weighted by molar-refractivity contribution is -0.145. The van der Waals surface area contributed by atoms with E-state index in [1.807, 2.05) is 20.8 Å². The molecule has 2 unspecified atom stereocenters. The summed E-state index contributed by atoms with van der Waals surface area (Å²) in [4.78, 5) is 26.2. The molecule has 0 spiro atoms. The van der Waals surface area contributed by atoms with Gasteiger partial charge in [0.1, 0.15) is 11.6 Å². The highest BCUT2D eigenvalue weighted by atomic mass is 16.6. The summed E-state index contributed by atoms with van der Waals surface area (Å²) < 4.78 is 10.3.